The highest BCUT2D eigenvalue weighted by Crippen LogP contribution is 2.25. The third-order valence-corrected chi connectivity index (χ3v) is 4.11. The van der Waals surface area contributed by atoms with E-state index in [2.05, 4.69) is 38.5 Å². The van der Waals surface area contributed by atoms with Crippen molar-refractivity contribution in [2.75, 3.05) is 13.2 Å². The molecule has 0 fully saturated rings. The van der Waals surface area contributed by atoms with Crippen LogP contribution in [-0.2, 0) is 24.2 Å². The molecule has 22 heavy (non-hydrogen) atoms. The molecular weight excluding hydrogens is 346 g/mol. The first kappa shape index (κ1) is 15.1. The van der Waals surface area contributed by atoms with Crippen molar-refractivity contribution in [1.29, 1.82) is 0 Å². The molecule has 1 aliphatic carbocycles. The van der Waals surface area contributed by atoms with E-state index in [4.69, 9.17) is 4.74 Å². The van der Waals surface area contributed by atoms with Crippen molar-refractivity contribution in [3.8, 4) is 5.75 Å². The molecule has 0 saturated carbocycles. The third kappa shape index (κ3) is 3.88. The standard InChI is InChI=1S/C16H18BrN3O2/c17-14-9-19-20(10-14)7-6-18-16(21)11-22-15-5-4-12-2-1-3-13(12)8-15/h4-5,8-10H,1-3,6-7,11H2,(H,18,21). The zero-order valence-electron chi connectivity index (χ0n) is 12.2. The van der Waals surface area contributed by atoms with Crippen LogP contribution in [0.25, 0.3) is 0 Å². The number of amides is 1. The summed E-state index contributed by atoms with van der Waals surface area (Å²) >= 11 is 3.33. The molecule has 0 unspecified atom stereocenters. The number of aryl methyl sites for hydroxylation is 2. The molecule has 1 aromatic carbocycles. The Labute approximate surface area is 137 Å². The van der Waals surface area contributed by atoms with Crippen LogP contribution in [0, 0.1) is 0 Å². The summed E-state index contributed by atoms with van der Waals surface area (Å²) in [6, 6.07) is 6.10. The van der Waals surface area contributed by atoms with Crippen molar-refractivity contribution in [2.24, 2.45) is 0 Å². The van der Waals surface area contributed by atoms with E-state index in [0.717, 1.165) is 23.1 Å². The second kappa shape index (κ2) is 6.96. The lowest BCUT2D eigenvalue weighted by molar-refractivity contribution is -0.123. The van der Waals surface area contributed by atoms with Gasteiger partial charge in [-0.05, 0) is 58.5 Å². The van der Waals surface area contributed by atoms with Gasteiger partial charge in [0.15, 0.2) is 6.61 Å². The lowest BCUT2D eigenvalue weighted by atomic mass is 10.1. The molecule has 0 saturated heterocycles. The number of benzene rings is 1. The maximum Gasteiger partial charge on any atom is 0.258 e. The number of hydrogen-bond donors (Lipinski definition) is 1. The highest BCUT2D eigenvalue weighted by Gasteiger charge is 2.11. The van der Waals surface area contributed by atoms with E-state index >= 15 is 0 Å². The van der Waals surface area contributed by atoms with Gasteiger partial charge in [-0.1, -0.05) is 6.07 Å². The molecule has 3 rings (SSSR count). The van der Waals surface area contributed by atoms with E-state index in [1.54, 1.807) is 10.9 Å². The molecule has 0 bridgehead atoms. The van der Waals surface area contributed by atoms with Gasteiger partial charge in [0.1, 0.15) is 5.75 Å². The molecule has 1 aromatic heterocycles. The van der Waals surface area contributed by atoms with Gasteiger partial charge in [-0.2, -0.15) is 5.10 Å². The molecule has 5 nitrogen and oxygen atoms in total. The van der Waals surface area contributed by atoms with E-state index in [-0.39, 0.29) is 12.5 Å². The fourth-order valence-electron chi connectivity index (χ4n) is 2.61. The summed E-state index contributed by atoms with van der Waals surface area (Å²) in [6.07, 6.45) is 7.06. The van der Waals surface area contributed by atoms with Crippen LogP contribution in [0.15, 0.2) is 35.1 Å². The summed E-state index contributed by atoms with van der Waals surface area (Å²) in [4.78, 5) is 11.8. The summed E-state index contributed by atoms with van der Waals surface area (Å²) in [5.41, 5.74) is 2.75. The van der Waals surface area contributed by atoms with Gasteiger partial charge in [0.05, 0.1) is 17.2 Å². The zero-order chi connectivity index (χ0) is 15.4. The quantitative estimate of drug-likeness (QED) is 0.856. The highest BCUT2D eigenvalue weighted by molar-refractivity contribution is 9.10. The number of aromatic nitrogens is 2. The molecule has 0 atom stereocenters. The minimum Gasteiger partial charge on any atom is -0.484 e. The van der Waals surface area contributed by atoms with E-state index in [9.17, 15) is 4.79 Å². The van der Waals surface area contributed by atoms with Crippen LogP contribution in [0.1, 0.15) is 17.5 Å². The Morgan fingerprint density at radius 1 is 1.36 bits per heavy atom. The van der Waals surface area contributed by atoms with Crippen LogP contribution in [0.5, 0.6) is 5.75 Å². The molecule has 6 heteroatoms. The van der Waals surface area contributed by atoms with Gasteiger partial charge < -0.3 is 10.1 Å². The fourth-order valence-corrected chi connectivity index (χ4v) is 2.94. The molecule has 0 radical (unpaired) electrons. The maximum atomic E-state index is 11.8. The van der Waals surface area contributed by atoms with Gasteiger partial charge in [-0.15, -0.1) is 0 Å². The number of ether oxygens (including phenoxy) is 1. The minimum absolute atomic E-state index is 0.0432. The van der Waals surface area contributed by atoms with Gasteiger partial charge in [0.25, 0.3) is 5.91 Å². The highest BCUT2D eigenvalue weighted by atomic mass is 79.9. The number of rotatable bonds is 6. The van der Waals surface area contributed by atoms with Gasteiger partial charge in [0.2, 0.25) is 0 Å². The molecule has 1 aliphatic rings. The van der Waals surface area contributed by atoms with Crippen molar-refractivity contribution >= 4 is 21.8 Å². The number of carbonyl (C=O) groups is 1. The number of fused-ring (bicyclic) bond motifs is 1. The smallest absolute Gasteiger partial charge is 0.258 e. The Morgan fingerprint density at radius 3 is 3.05 bits per heavy atom. The van der Waals surface area contributed by atoms with E-state index < -0.39 is 0 Å². The number of carbonyl (C=O) groups excluding carboxylic acids is 1. The van der Waals surface area contributed by atoms with Crippen LogP contribution in [0.2, 0.25) is 0 Å². The molecule has 1 heterocycles. The Hall–Kier alpha value is -1.82. The molecule has 0 spiro atoms. The van der Waals surface area contributed by atoms with E-state index in [1.807, 2.05) is 12.3 Å². The first-order valence-corrected chi connectivity index (χ1v) is 8.19. The van der Waals surface area contributed by atoms with Crippen LogP contribution in [-0.4, -0.2) is 28.8 Å². The number of hydrogen-bond acceptors (Lipinski definition) is 3. The Balaban J connectivity index is 1.40. The van der Waals surface area contributed by atoms with Gasteiger partial charge >= 0.3 is 0 Å². The van der Waals surface area contributed by atoms with Crippen LogP contribution in [0.3, 0.4) is 0 Å². The van der Waals surface area contributed by atoms with Gasteiger partial charge in [0, 0.05) is 12.7 Å². The number of nitrogens with one attached hydrogen (secondary N) is 1. The maximum absolute atomic E-state index is 11.8. The average molecular weight is 364 g/mol. The van der Waals surface area contributed by atoms with Crippen LogP contribution >= 0.6 is 15.9 Å². The zero-order valence-corrected chi connectivity index (χ0v) is 13.8. The molecule has 2 aromatic rings. The minimum atomic E-state index is -0.119. The first-order chi connectivity index (χ1) is 10.7. The van der Waals surface area contributed by atoms with Crippen LogP contribution < -0.4 is 10.1 Å². The Morgan fingerprint density at radius 2 is 2.23 bits per heavy atom. The molecule has 116 valence electrons. The summed E-state index contributed by atoms with van der Waals surface area (Å²) in [5, 5.41) is 6.95. The Kier molecular flexibility index (Phi) is 4.77. The molecule has 0 aliphatic heterocycles. The van der Waals surface area contributed by atoms with Crippen molar-refractivity contribution in [1.82, 2.24) is 15.1 Å². The number of nitrogens with zero attached hydrogens (tertiary/aromatic N) is 2. The predicted molar refractivity (Wildman–Crippen MR) is 86.9 cm³/mol. The summed E-state index contributed by atoms with van der Waals surface area (Å²) in [6.45, 7) is 1.21. The summed E-state index contributed by atoms with van der Waals surface area (Å²) in [5.74, 6) is 0.651. The molecule has 1 amide bonds. The topological polar surface area (TPSA) is 56.1 Å². The third-order valence-electron chi connectivity index (χ3n) is 3.70. The SMILES string of the molecule is O=C(COc1ccc2c(c1)CCC2)NCCn1cc(Br)cn1. The van der Waals surface area contributed by atoms with Gasteiger partial charge in [-0.25, -0.2) is 0 Å². The van der Waals surface area contributed by atoms with E-state index in [1.165, 1.54) is 17.5 Å². The van der Waals surface area contributed by atoms with Crippen molar-refractivity contribution in [3.63, 3.8) is 0 Å². The fraction of sp³-hybridized carbons (Fsp3) is 0.375. The second-order valence-corrected chi connectivity index (χ2v) is 6.26. The lowest BCUT2D eigenvalue weighted by Gasteiger charge is -2.09. The molecule has 1 N–H and O–H groups in total. The monoisotopic (exact) mass is 363 g/mol. The lowest BCUT2D eigenvalue weighted by Crippen LogP contribution is -2.31. The summed E-state index contributed by atoms with van der Waals surface area (Å²) in [7, 11) is 0. The summed E-state index contributed by atoms with van der Waals surface area (Å²) < 4.78 is 8.26. The average Bonchev–Trinajstić information content (AvgIpc) is 3.13. The van der Waals surface area contributed by atoms with Gasteiger partial charge in [-0.3, -0.25) is 9.48 Å². The normalized spacial score (nSPS) is 13.0. The predicted octanol–water partition coefficient (Wildman–Crippen LogP) is 2.33. The first-order valence-electron chi connectivity index (χ1n) is 7.40. The Bertz CT molecular complexity index is 669. The number of halogens is 1. The van der Waals surface area contributed by atoms with Crippen molar-refractivity contribution < 1.29 is 9.53 Å². The van der Waals surface area contributed by atoms with Crippen molar-refractivity contribution in [3.05, 3.63) is 46.2 Å². The van der Waals surface area contributed by atoms with E-state index in [0.29, 0.717) is 13.1 Å². The second-order valence-electron chi connectivity index (χ2n) is 5.34. The largest absolute Gasteiger partial charge is 0.484 e. The van der Waals surface area contributed by atoms with Crippen molar-refractivity contribution in [2.45, 2.75) is 25.8 Å². The van der Waals surface area contributed by atoms with Crippen LogP contribution in [0.4, 0.5) is 0 Å². The molecular formula is C16H18BrN3O2.